The molecule has 2 heterocycles. The molecule has 1 aromatic rings. The van der Waals surface area contributed by atoms with Crippen LogP contribution < -0.4 is 10.6 Å². The molecule has 6 heteroatoms. The van der Waals surface area contributed by atoms with Crippen molar-refractivity contribution in [1.29, 1.82) is 0 Å². The summed E-state index contributed by atoms with van der Waals surface area (Å²) in [6, 6.07) is 1.89. The molecule has 0 bridgehead atoms. The Hall–Kier alpha value is -0.880. The van der Waals surface area contributed by atoms with Gasteiger partial charge < -0.3 is 10.6 Å². The molecule has 1 amide bonds. The summed E-state index contributed by atoms with van der Waals surface area (Å²) < 4.78 is 0. The number of amides is 1. The van der Waals surface area contributed by atoms with Gasteiger partial charge in [-0.3, -0.25) is 9.78 Å². The highest BCUT2D eigenvalue weighted by atomic mass is 32.2. The van der Waals surface area contributed by atoms with Crippen molar-refractivity contribution >= 4 is 35.1 Å². The second kappa shape index (κ2) is 7.05. The third kappa shape index (κ3) is 4.04. The van der Waals surface area contributed by atoms with Crippen LogP contribution in [0.4, 0.5) is 5.69 Å². The second-order valence-corrected chi connectivity index (χ2v) is 6.96. The van der Waals surface area contributed by atoms with Crippen molar-refractivity contribution in [3.05, 3.63) is 23.5 Å². The van der Waals surface area contributed by atoms with Gasteiger partial charge in [-0.05, 0) is 13.0 Å². The average Bonchev–Trinajstić information content (AvgIpc) is 2.45. The van der Waals surface area contributed by atoms with Gasteiger partial charge in [-0.25, -0.2) is 0 Å². The molecule has 0 aliphatic carbocycles. The minimum absolute atomic E-state index is 0.0481. The summed E-state index contributed by atoms with van der Waals surface area (Å²) in [5, 5.41) is 6.58. The standard InChI is InChI=1S/C13H19N3OS2/c1-9-5-12(14-2)11(7-15-9)13(17)16-6-10-8-18-3-4-19-10/h5,7,10H,3-4,6,8H2,1-2H3,(H,14,15)(H,16,17). The molecule has 4 nitrogen and oxygen atoms in total. The molecule has 1 saturated heterocycles. The lowest BCUT2D eigenvalue weighted by atomic mass is 10.2. The summed E-state index contributed by atoms with van der Waals surface area (Å²) in [6.45, 7) is 2.64. The third-order valence-electron chi connectivity index (χ3n) is 2.93. The van der Waals surface area contributed by atoms with E-state index in [4.69, 9.17) is 0 Å². The van der Waals surface area contributed by atoms with E-state index in [0.29, 0.717) is 10.8 Å². The maximum Gasteiger partial charge on any atom is 0.254 e. The minimum Gasteiger partial charge on any atom is -0.387 e. The number of pyridine rings is 1. The Balaban J connectivity index is 1.95. The molecule has 1 aliphatic rings. The summed E-state index contributed by atoms with van der Waals surface area (Å²) in [5.41, 5.74) is 2.34. The molecular formula is C13H19N3OS2. The number of hydrogen-bond donors (Lipinski definition) is 2. The zero-order valence-corrected chi connectivity index (χ0v) is 12.9. The summed E-state index contributed by atoms with van der Waals surface area (Å²) in [7, 11) is 1.82. The van der Waals surface area contributed by atoms with E-state index in [9.17, 15) is 4.79 Å². The number of carbonyl (C=O) groups is 1. The Bertz CT molecular complexity index is 448. The first-order valence-electron chi connectivity index (χ1n) is 6.32. The number of nitrogens with zero attached hydrogens (tertiary/aromatic N) is 1. The van der Waals surface area contributed by atoms with Crippen molar-refractivity contribution < 1.29 is 4.79 Å². The first kappa shape index (κ1) is 14.5. The molecular weight excluding hydrogens is 278 g/mol. The van der Waals surface area contributed by atoms with Gasteiger partial charge in [-0.2, -0.15) is 23.5 Å². The van der Waals surface area contributed by atoms with Crippen LogP contribution in [-0.4, -0.2) is 47.0 Å². The Morgan fingerprint density at radius 2 is 2.37 bits per heavy atom. The lowest BCUT2D eigenvalue weighted by Gasteiger charge is -2.21. The van der Waals surface area contributed by atoms with E-state index in [1.54, 1.807) is 6.20 Å². The molecule has 1 unspecified atom stereocenters. The van der Waals surface area contributed by atoms with E-state index >= 15 is 0 Å². The third-order valence-corrected chi connectivity index (χ3v) is 5.77. The summed E-state index contributed by atoms with van der Waals surface area (Å²) in [4.78, 5) is 16.4. The smallest absolute Gasteiger partial charge is 0.254 e. The monoisotopic (exact) mass is 297 g/mol. The van der Waals surface area contributed by atoms with E-state index in [-0.39, 0.29) is 5.91 Å². The molecule has 2 rings (SSSR count). The summed E-state index contributed by atoms with van der Waals surface area (Å²) >= 11 is 3.91. The molecule has 1 aromatic heterocycles. The van der Waals surface area contributed by atoms with Crippen LogP contribution in [0, 0.1) is 6.92 Å². The zero-order chi connectivity index (χ0) is 13.7. The Kier molecular flexibility index (Phi) is 5.39. The molecule has 19 heavy (non-hydrogen) atoms. The highest BCUT2D eigenvalue weighted by Crippen LogP contribution is 2.23. The Morgan fingerprint density at radius 3 is 3.05 bits per heavy atom. The van der Waals surface area contributed by atoms with Gasteiger partial charge in [-0.15, -0.1) is 0 Å². The van der Waals surface area contributed by atoms with Crippen molar-refractivity contribution in [3.63, 3.8) is 0 Å². The van der Waals surface area contributed by atoms with E-state index in [1.165, 1.54) is 11.5 Å². The van der Waals surface area contributed by atoms with Crippen LogP contribution >= 0.6 is 23.5 Å². The highest BCUT2D eigenvalue weighted by molar-refractivity contribution is 8.06. The normalized spacial score (nSPS) is 18.9. The number of hydrogen-bond acceptors (Lipinski definition) is 5. The molecule has 1 fully saturated rings. The number of anilines is 1. The number of aromatic nitrogens is 1. The Morgan fingerprint density at radius 1 is 1.53 bits per heavy atom. The largest absolute Gasteiger partial charge is 0.387 e. The molecule has 0 radical (unpaired) electrons. The van der Waals surface area contributed by atoms with Gasteiger partial charge in [-0.1, -0.05) is 0 Å². The SMILES string of the molecule is CNc1cc(C)ncc1C(=O)NCC1CSCCS1. The van der Waals surface area contributed by atoms with Gasteiger partial charge in [0.05, 0.1) is 11.3 Å². The van der Waals surface area contributed by atoms with E-state index in [2.05, 4.69) is 15.6 Å². The van der Waals surface area contributed by atoms with Gasteiger partial charge in [0, 0.05) is 48.0 Å². The molecule has 2 N–H and O–H groups in total. The van der Waals surface area contributed by atoms with Crippen molar-refractivity contribution in [2.75, 3.05) is 36.2 Å². The zero-order valence-electron chi connectivity index (χ0n) is 11.2. The van der Waals surface area contributed by atoms with Crippen LogP contribution in [0.2, 0.25) is 0 Å². The number of thioether (sulfide) groups is 2. The first-order chi connectivity index (χ1) is 9.20. The minimum atomic E-state index is -0.0481. The molecule has 1 atom stereocenters. The van der Waals surface area contributed by atoms with Crippen LogP contribution in [0.1, 0.15) is 16.1 Å². The van der Waals surface area contributed by atoms with Gasteiger partial charge in [0.25, 0.3) is 5.91 Å². The van der Waals surface area contributed by atoms with Gasteiger partial charge in [0.1, 0.15) is 0 Å². The number of carbonyl (C=O) groups excluding carboxylic acids is 1. The fraction of sp³-hybridized carbons (Fsp3) is 0.538. The van der Waals surface area contributed by atoms with Crippen LogP contribution in [-0.2, 0) is 0 Å². The average molecular weight is 297 g/mol. The van der Waals surface area contributed by atoms with Gasteiger partial charge >= 0.3 is 0 Å². The molecule has 0 spiro atoms. The van der Waals surface area contributed by atoms with Gasteiger partial charge in [0.2, 0.25) is 0 Å². The quantitative estimate of drug-likeness (QED) is 0.890. The first-order valence-corrected chi connectivity index (χ1v) is 8.53. The van der Waals surface area contributed by atoms with E-state index in [0.717, 1.165) is 23.7 Å². The topological polar surface area (TPSA) is 54.0 Å². The molecule has 1 aliphatic heterocycles. The predicted molar refractivity (Wildman–Crippen MR) is 84.4 cm³/mol. The van der Waals surface area contributed by atoms with Crippen molar-refractivity contribution in [2.24, 2.45) is 0 Å². The highest BCUT2D eigenvalue weighted by Gasteiger charge is 2.17. The van der Waals surface area contributed by atoms with Crippen LogP contribution in [0.25, 0.3) is 0 Å². The van der Waals surface area contributed by atoms with E-state index < -0.39 is 0 Å². The molecule has 104 valence electrons. The van der Waals surface area contributed by atoms with Crippen molar-refractivity contribution in [2.45, 2.75) is 12.2 Å². The predicted octanol–water partition coefficient (Wildman–Crippen LogP) is 2.01. The lowest BCUT2D eigenvalue weighted by molar-refractivity contribution is 0.0954. The lowest BCUT2D eigenvalue weighted by Crippen LogP contribution is -2.33. The fourth-order valence-corrected chi connectivity index (χ4v) is 4.52. The van der Waals surface area contributed by atoms with Crippen LogP contribution in [0.5, 0.6) is 0 Å². The Labute approximate surface area is 122 Å². The second-order valence-electron chi connectivity index (χ2n) is 4.40. The number of nitrogens with one attached hydrogen (secondary N) is 2. The summed E-state index contributed by atoms with van der Waals surface area (Å²) in [6.07, 6.45) is 1.64. The summed E-state index contributed by atoms with van der Waals surface area (Å²) in [5.74, 6) is 3.48. The maximum absolute atomic E-state index is 12.2. The molecule has 0 aromatic carbocycles. The maximum atomic E-state index is 12.2. The van der Waals surface area contributed by atoms with E-state index in [1.807, 2.05) is 43.6 Å². The van der Waals surface area contributed by atoms with Crippen molar-refractivity contribution in [3.8, 4) is 0 Å². The van der Waals surface area contributed by atoms with Gasteiger partial charge in [0.15, 0.2) is 0 Å². The van der Waals surface area contributed by atoms with Crippen LogP contribution in [0.15, 0.2) is 12.3 Å². The fourth-order valence-electron chi connectivity index (χ4n) is 1.90. The molecule has 0 saturated carbocycles. The van der Waals surface area contributed by atoms with Crippen LogP contribution in [0.3, 0.4) is 0 Å². The number of aryl methyl sites for hydroxylation is 1. The van der Waals surface area contributed by atoms with Crippen molar-refractivity contribution in [1.82, 2.24) is 10.3 Å². The number of rotatable bonds is 4.